The molecule has 1 N–H and O–H groups in total. The molecule has 1 aromatic heterocycles. The fourth-order valence-corrected chi connectivity index (χ4v) is 2.61. The van der Waals surface area contributed by atoms with Gasteiger partial charge in [-0.3, -0.25) is 4.79 Å². The smallest absolute Gasteiger partial charge is 0.227 e. The van der Waals surface area contributed by atoms with Crippen LogP contribution in [0.4, 0.5) is 0 Å². The van der Waals surface area contributed by atoms with Gasteiger partial charge in [-0.05, 0) is 38.7 Å². The van der Waals surface area contributed by atoms with E-state index < -0.39 is 0 Å². The van der Waals surface area contributed by atoms with Crippen LogP contribution < -0.4 is 10.1 Å². The van der Waals surface area contributed by atoms with Gasteiger partial charge in [0.05, 0.1) is 13.2 Å². The Balaban J connectivity index is 1.87. The number of benzene rings is 1. The van der Waals surface area contributed by atoms with Crippen LogP contribution in [-0.4, -0.2) is 55.8 Å². The predicted molar refractivity (Wildman–Crippen MR) is 100 cm³/mol. The fraction of sp³-hybridized carbons (Fsp3) is 0.526. The van der Waals surface area contributed by atoms with Gasteiger partial charge in [0.25, 0.3) is 0 Å². The van der Waals surface area contributed by atoms with Crippen LogP contribution in [0.5, 0.6) is 5.75 Å². The van der Waals surface area contributed by atoms with E-state index in [-0.39, 0.29) is 24.5 Å². The minimum atomic E-state index is -0.236. The largest absolute Gasteiger partial charge is 0.497 e. The van der Waals surface area contributed by atoms with E-state index in [0.717, 1.165) is 11.3 Å². The lowest BCUT2D eigenvalue weighted by molar-refractivity contribution is -0.121. The summed E-state index contributed by atoms with van der Waals surface area (Å²) in [6.45, 7) is 2.33. The van der Waals surface area contributed by atoms with Gasteiger partial charge < -0.3 is 24.2 Å². The monoisotopic (exact) mass is 376 g/mol. The van der Waals surface area contributed by atoms with E-state index in [2.05, 4.69) is 20.4 Å². The standard InChI is InChI=1S/C19H28N4O4/c1-13(25-4)19-21-18(27-22-19)10-9-17(24)20-12-16(23(2)3)14-7-6-8-15(11-14)26-5/h6-8,11,13,16H,9-10,12H2,1-5H3,(H,20,24)/t13-,16+/m1/s1. The zero-order valence-electron chi connectivity index (χ0n) is 16.6. The molecule has 2 rings (SSSR count). The third kappa shape index (κ3) is 6.04. The Bertz CT molecular complexity index is 732. The van der Waals surface area contributed by atoms with Gasteiger partial charge in [0.15, 0.2) is 5.82 Å². The molecule has 0 unspecified atom stereocenters. The van der Waals surface area contributed by atoms with Gasteiger partial charge >= 0.3 is 0 Å². The molecule has 1 amide bonds. The molecule has 0 aliphatic rings. The summed E-state index contributed by atoms with van der Waals surface area (Å²) < 4.78 is 15.6. The average molecular weight is 376 g/mol. The molecule has 0 spiro atoms. The van der Waals surface area contributed by atoms with Crippen molar-refractivity contribution in [2.75, 3.05) is 34.9 Å². The van der Waals surface area contributed by atoms with Crippen LogP contribution in [-0.2, 0) is 16.0 Å². The highest BCUT2D eigenvalue weighted by molar-refractivity contribution is 5.76. The Labute approximate surface area is 159 Å². The molecule has 27 heavy (non-hydrogen) atoms. The van der Waals surface area contributed by atoms with Crippen LogP contribution >= 0.6 is 0 Å². The second-order valence-corrected chi connectivity index (χ2v) is 6.48. The molecule has 0 bridgehead atoms. The van der Waals surface area contributed by atoms with E-state index in [1.54, 1.807) is 14.2 Å². The van der Waals surface area contributed by atoms with Crippen LogP contribution in [0.3, 0.4) is 0 Å². The highest BCUT2D eigenvalue weighted by Gasteiger charge is 2.17. The second-order valence-electron chi connectivity index (χ2n) is 6.48. The Hall–Kier alpha value is -2.45. The first kappa shape index (κ1) is 20.9. The minimum Gasteiger partial charge on any atom is -0.497 e. The summed E-state index contributed by atoms with van der Waals surface area (Å²) in [5.41, 5.74) is 1.08. The molecule has 0 saturated heterocycles. The summed E-state index contributed by atoms with van der Waals surface area (Å²) in [6.07, 6.45) is 0.433. The first-order valence-electron chi connectivity index (χ1n) is 8.87. The first-order chi connectivity index (χ1) is 12.9. The number of aromatic nitrogens is 2. The molecule has 8 heteroatoms. The highest BCUT2D eigenvalue weighted by Crippen LogP contribution is 2.22. The topological polar surface area (TPSA) is 89.7 Å². The number of hydrogen-bond acceptors (Lipinski definition) is 7. The summed E-state index contributed by atoms with van der Waals surface area (Å²) in [6, 6.07) is 7.89. The van der Waals surface area contributed by atoms with Gasteiger partial charge in [-0.1, -0.05) is 17.3 Å². The number of aryl methyl sites for hydroxylation is 1. The number of likely N-dealkylation sites (N-methyl/N-ethyl adjacent to an activating group) is 1. The van der Waals surface area contributed by atoms with Gasteiger partial charge in [0.1, 0.15) is 11.9 Å². The van der Waals surface area contributed by atoms with Crippen molar-refractivity contribution in [2.45, 2.75) is 31.9 Å². The Morgan fingerprint density at radius 1 is 1.33 bits per heavy atom. The third-order valence-corrected chi connectivity index (χ3v) is 4.36. The van der Waals surface area contributed by atoms with Gasteiger partial charge in [-0.2, -0.15) is 4.98 Å². The molecule has 0 aliphatic heterocycles. The van der Waals surface area contributed by atoms with Crippen LogP contribution in [0.2, 0.25) is 0 Å². The van der Waals surface area contributed by atoms with Crippen LogP contribution in [0.15, 0.2) is 28.8 Å². The summed E-state index contributed by atoms with van der Waals surface area (Å²) in [5.74, 6) is 1.65. The summed E-state index contributed by atoms with van der Waals surface area (Å²) in [4.78, 5) is 18.5. The maximum atomic E-state index is 12.2. The van der Waals surface area contributed by atoms with E-state index >= 15 is 0 Å². The second kappa shape index (κ2) is 10.0. The molecule has 2 aromatic rings. The molecule has 8 nitrogen and oxygen atoms in total. The summed E-state index contributed by atoms with van der Waals surface area (Å²) in [5, 5.41) is 6.83. The Morgan fingerprint density at radius 2 is 2.11 bits per heavy atom. The van der Waals surface area contributed by atoms with Gasteiger partial charge in [0.2, 0.25) is 11.8 Å². The van der Waals surface area contributed by atoms with E-state index in [4.69, 9.17) is 14.0 Å². The van der Waals surface area contributed by atoms with E-state index in [1.807, 2.05) is 45.3 Å². The van der Waals surface area contributed by atoms with Crippen LogP contribution in [0.1, 0.15) is 42.8 Å². The number of amides is 1. The molecular weight excluding hydrogens is 348 g/mol. The lowest BCUT2D eigenvalue weighted by atomic mass is 10.1. The molecule has 1 heterocycles. The minimum absolute atomic E-state index is 0.0432. The predicted octanol–water partition coefficient (Wildman–Crippen LogP) is 2.14. The third-order valence-electron chi connectivity index (χ3n) is 4.36. The number of carbonyl (C=O) groups is 1. The zero-order chi connectivity index (χ0) is 19.8. The number of nitrogens with one attached hydrogen (secondary N) is 1. The SMILES string of the molecule is COc1cccc([C@H](CNC(=O)CCc2nc([C@@H](C)OC)no2)N(C)C)c1. The number of rotatable bonds is 10. The number of nitrogens with zero attached hydrogens (tertiary/aromatic N) is 3. The maximum Gasteiger partial charge on any atom is 0.227 e. The van der Waals surface area contributed by atoms with Crippen LogP contribution in [0.25, 0.3) is 0 Å². The van der Waals surface area contributed by atoms with Crippen molar-refractivity contribution >= 4 is 5.91 Å². The van der Waals surface area contributed by atoms with Crippen molar-refractivity contribution in [3.05, 3.63) is 41.5 Å². The van der Waals surface area contributed by atoms with Crippen molar-refractivity contribution in [3.8, 4) is 5.75 Å². The lowest BCUT2D eigenvalue weighted by Crippen LogP contribution is -2.34. The molecule has 2 atom stereocenters. The lowest BCUT2D eigenvalue weighted by Gasteiger charge is -2.25. The van der Waals surface area contributed by atoms with Gasteiger partial charge in [-0.25, -0.2) is 0 Å². The Kier molecular flexibility index (Phi) is 7.75. The average Bonchev–Trinajstić information content (AvgIpc) is 3.15. The van der Waals surface area contributed by atoms with Gasteiger partial charge in [-0.15, -0.1) is 0 Å². The van der Waals surface area contributed by atoms with Crippen molar-refractivity contribution in [3.63, 3.8) is 0 Å². The molecular formula is C19H28N4O4. The van der Waals surface area contributed by atoms with Crippen molar-refractivity contribution in [2.24, 2.45) is 0 Å². The quantitative estimate of drug-likeness (QED) is 0.679. The van der Waals surface area contributed by atoms with Crippen LogP contribution in [0, 0.1) is 0 Å². The molecule has 0 fully saturated rings. The van der Waals surface area contributed by atoms with Crippen molar-refractivity contribution in [1.29, 1.82) is 0 Å². The number of carbonyl (C=O) groups excluding carboxylic acids is 1. The van der Waals surface area contributed by atoms with E-state index in [9.17, 15) is 4.79 Å². The molecule has 1 aromatic carbocycles. The normalized spacial score (nSPS) is 13.4. The number of methoxy groups -OCH3 is 2. The number of ether oxygens (including phenoxy) is 2. The van der Waals surface area contributed by atoms with E-state index in [1.165, 1.54) is 0 Å². The van der Waals surface area contributed by atoms with E-state index in [0.29, 0.717) is 24.7 Å². The molecule has 0 aliphatic carbocycles. The molecule has 148 valence electrons. The maximum absolute atomic E-state index is 12.2. The zero-order valence-corrected chi connectivity index (χ0v) is 16.6. The molecule has 0 saturated carbocycles. The fourth-order valence-electron chi connectivity index (χ4n) is 2.61. The first-order valence-corrected chi connectivity index (χ1v) is 8.87. The Morgan fingerprint density at radius 3 is 2.78 bits per heavy atom. The number of hydrogen-bond donors (Lipinski definition) is 1. The highest BCUT2D eigenvalue weighted by atomic mass is 16.5. The van der Waals surface area contributed by atoms with Crippen molar-refractivity contribution < 1.29 is 18.8 Å². The molecule has 0 radical (unpaired) electrons. The van der Waals surface area contributed by atoms with Gasteiger partial charge in [0, 0.05) is 26.5 Å². The summed E-state index contributed by atoms with van der Waals surface area (Å²) in [7, 11) is 7.18. The summed E-state index contributed by atoms with van der Waals surface area (Å²) >= 11 is 0. The van der Waals surface area contributed by atoms with Crippen molar-refractivity contribution in [1.82, 2.24) is 20.4 Å².